The van der Waals surface area contributed by atoms with Crippen LogP contribution in [0.1, 0.15) is 36.2 Å². The van der Waals surface area contributed by atoms with Crippen LogP contribution in [0.4, 0.5) is 0 Å². The van der Waals surface area contributed by atoms with Gasteiger partial charge in [-0.2, -0.15) is 0 Å². The Labute approximate surface area is 161 Å². The molecule has 1 spiro atoms. The van der Waals surface area contributed by atoms with Crippen LogP contribution < -0.4 is 0 Å². The molecule has 1 N–H and O–H groups in total. The number of nitrogens with zero attached hydrogens (tertiary/aromatic N) is 4. The van der Waals surface area contributed by atoms with Crippen LogP contribution in [0.25, 0.3) is 11.0 Å². The number of carbonyl (C=O) groups is 1. The third-order valence-corrected chi connectivity index (χ3v) is 6.82. The highest BCUT2D eigenvalue weighted by atomic mass is 16.2. The van der Waals surface area contributed by atoms with Crippen LogP contribution in [-0.2, 0) is 11.3 Å². The van der Waals surface area contributed by atoms with Crippen molar-refractivity contribution in [1.29, 1.82) is 0 Å². The Morgan fingerprint density at radius 3 is 2.78 bits per heavy atom. The van der Waals surface area contributed by atoms with Crippen LogP contribution in [0.2, 0.25) is 0 Å². The van der Waals surface area contributed by atoms with Crippen LogP contribution in [0.3, 0.4) is 0 Å². The number of likely N-dealkylation sites (tertiary alicyclic amines) is 1. The molecule has 146 valence electrons. The number of aromatic nitrogens is 2. The highest BCUT2D eigenvalue weighted by Crippen LogP contribution is 2.32. The average Bonchev–Trinajstić information content (AvgIpc) is 3.00. The van der Waals surface area contributed by atoms with Crippen LogP contribution in [0.15, 0.2) is 12.1 Å². The molecule has 6 nitrogen and oxygen atoms in total. The summed E-state index contributed by atoms with van der Waals surface area (Å²) in [7, 11) is 4.15. The zero-order valence-electron chi connectivity index (χ0n) is 17.0. The second-order valence-corrected chi connectivity index (χ2v) is 8.51. The van der Waals surface area contributed by atoms with Crippen LogP contribution in [0.5, 0.6) is 0 Å². The smallest absolute Gasteiger partial charge is 0.222 e. The van der Waals surface area contributed by atoms with Crippen LogP contribution in [0, 0.1) is 13.8 Å². The van der Waals surface area contributed by atoms with Gasteiger partial charge < -0.3 is 9.88 Å². The molecule has 1 unspecified atom stereocenters. The van der Waals surface area contributed by atoms with E-state index in [1.165, 1.54) is 11.1 Å². The van der Waals surface area contributed by atoms with E-state index in [0.29, 0.717) is 6.42 Å². The number of amides is 1. The van der Waals surface area contributed by atoms with Gasteiger partial charge in [-0.05, 0) is 50.9 Å². The standard InChI is InChI=1S/C21H31N5O/c1-15-5-6-17-20(16(15)2)23-18(22-17)13-26-12-11-25(4)21(14-26)8-7-19(27)24(3)10-9-21/h5-6H,7-14H2,1-4H3,(H,22,23). The number of aryl methyl sites for hydroxylation is 2. The third-order valence-electron chi connectivity index (χ3n) is 6.82. The van der Waals surface area contributed by atoms with Crippen molar-refractivity contribution >= 4 is 16.9 Å². The Morgan fingerprint density at radius 2 is 1.96 bits per heavy atom. The minimum Gasteiger partial charge on any atom is -0.346 e. The molecular formula is C21H31N5O. The second kappa shape index (κ2) is 6.91. The molecule has 1 amide bonds. The number of nitrogens with one attached hydrogen (secondary N) is 1. The fourth-order valence-electron chi connectivity index (χ4n) is 4.63. The van der Waals surface area contributed by atoms with E-state index in [0.717, 1.165) is 62.4 Å². The summed E-state index contributed by atoms with van der Waals surface area (Å²) in [5.74, 6) is 1.32. The van der Waals surface area contributed by atoms with Crippen molar-refractivity contribution in [3.63, 3.8) is 0 Å². The fraction of sp³-hybridized carbons (Fsp3) is 0.619. The Bertz CT molecular complexity index is 860. The SMILES string of the molecule is Cc1ccc2[nH]c(CN3CCN(C)C4(CCC(=O)N(C)CC4)C3)nc2c1C. The molecule has 6 heteroatoms. The summed E-state index contributed by atoms with van der Waals surface area (Å²) in [5.41, 5.74) is 4.85. The maximum atomic E-state index is 12.2. The zero-order valence-corrected chi connectivity index (χ0v) is 17.0. The first-order valence-electron chi connectivity index (χ1n) is 10.0. The van der Waals surface area contributed by atoms with E-state index in [4.69, 9.17) is 4.98 Å². The monoisotopic (exact) mass is 369 g/mol. The number of likely N-dealkylation sites (N-methyl/N-ethyl adjacent to an activating group) is 1. The Hall–Kier alpha value is -1.92. The van der Waals surface area contributed by atoms with Crippen molar-refractivity contribution < 1.29 is 4.79 Å². The van der Waals surface area contributed by atoms with Crippen molar-refractivity contribution in [3.05, 3.63) is 29.1 Å². The molecule has 2 aliphatic heterocycles. The Balaban J connectivity index is 1.53. The molecule has 3 heterocycles. The van der Waals surface area contributed by atoms with Gasteiger partial charge in [0.15, 0.2) is 0 Å². The second-order valence-electron chi connectivity index (χ2n) is 8.51. The summed E-state index contributed by atoms with van der Waals surface area (Å²) >= 11 is 0. The molecule has 0 aliphatic carbocycles. The maximum Gasteiger partial charge on any atom is 0.222 e. The summed E-state index contributed by atoms with van der Waals surface area (Å²) in [4.78, 5) is 27.4. The molecule has 1 aromatic carbocycles. The first kappa shape index (κ1) is 18.4. The first-order valence-corrected chi connectivity index (χ1v) is 10.0. The van der Waals surface area contributed by atoms with E-state index in [1.807, 2.05) is 11.9 Å². The average molecular weight is 370 g/mol. The maximum absolute atomic E-state index is 12.2. The molecule has 27 heavy (non-hydrogen) atoms. The molecule has 1 aromatic heterocycles. The molecule has 1 atom stereocenters. The van der Waals surface area contributed by atoms with E-state index < -0.39 is 0 Å². The number of piperazine rings is 1. The normalized spacial score (nSPS) is 25.5. The number of H-pyrrole nitrogens is 1. The number of rotatable bonds is 2. The highest BCUT2D eigenvalue weighted by molar-refractivity contribution is 5.79. The molecular weight excluding hydrogens is 338 g/mol. The van der Waals surface area contributed by atoms with Gasteiger partial charge in [0.2, 0.25) is 5.91 Å². The molecule has 0 radical (unpaired) electrons. The van der Waals surface area contributed by atoms with Gasteiger partial charge in [0.1, 0.15) is 5.82 Å². The van der Waals surface area contributed by atoms with Gasteiger partial charge in [0.25, 0.3) is 0 Å². The number of benzene rings is 1. The van der Waals surface area contributed by atoms with Crippen LogP contribution in [-0.4, -0.2) is 76.4 Å². The lowest BCUT2D eigenvalue weighted by molar-refractivity contribution is -0.129. The molecule has 2 aliphatic rings. The van der Waals surface area contributed by atoms with Gasteiger partial charge in [-0.25, -0.2) is 4.98 Å². The predicted molar refractivity (Wildman–Crippen MR) is 108 cm³/mol. The van der Waals surface area contributed by atoms with Crippen molar-refractivity contribution in [1.82, 2.24) is 24.7 Å². The zero-order chi connectivity index (χ0) is 19.2. The molecule has 2 saturated heterocycles. The van der Waals surface area contributed by atoms with E-state index >= 15 is 0 Å². The minimum absolute atomic E-state index is 0.0944. The highest BCUT2D eigenvalue weighted by Gasteiger charge is 2.41. The molecule has 2 aromatic rings. The molecule has 0 saturated carbocycles. The van der Waals surface area contributed by atoms with Gasteiger partial charge in [-0.15, -0.1) is 0 Å². The van der Waals surface area contributed by atoms with E-state index in [9.17, 15) is 4.79 Å². The van der Waals surface area contributed by atoms with Gasteiger partial charge in [-0.1, -0.05) is 6.07 Å². The quantitative estimate of drug-likeness (QED) is 0.883. The summed E-state index contributed by atoms with van der Waals surface area (Å²) < 4.78 is 0. The topological polar surface area (TPSA) is 55.5 Å². The summed E-state index contributed by atoms with van der Waals surface area (Å²) in [6.07, 6.45) is 2.64. The summed E-state index contributed by atoms with van der Waals surface area (Å²) in [6, 6.07) is 4.29. The van der Waals surface area contributed by atoms with Gasteiger partial charge in [-0.3, -0.25) is 14.6 Å². The van der Waals surface area contributed by atoms with Gasteiger partial charge in [0.05, 0.1) is 17.6 Å². The van der Waals surface area contributed by atoms with Crippen LogP contribution >= 0.6 is 0 Å². The Morgan fingerprint density at radius 1 is 1.15 bits per heavy atom. The molecule has 4 rings (SSSR count). The first-order chi connectivity index (χ1) is 12.9. The van der Waals surface area contributed by atoms with Crippen molar-refractivity contribution in [2.45, 2.75) is 45.2 Å². The lowest BCUT2D eigenvalue weighted by Gasteiger charge is -2.49. The van der Waals surface area contributed by atoms with Gasteiger partial charge >= 0.3 is 0 Å². The lowest BCUT2D eigenvalue weighted by atomic mass is 9.86. The summed E-state index contributed by atoms with van der Waals surface area (Å²) in [5, 5.41) is 0. The van der Waals surface area contributed by atoms with Gasteiger partial charge in [0, 0.05) is 45.2 Å². The van der Waals surface area contributed by atoms with E-state index in [1.54, 1.807) is 0 Å². The lowest BCUT2D eigenvalue weighted by Crippen LogP contribution is -2.60. The summed E-state index contributed by atoms with van der Waals surface area (Å²) in [6.45, 7) is 9.05. The number of fused-ring (bicyclic) bond motifs is 1. The number of hydrogen-bond donors (Lipinski definition) is 1. The Kier molecular flexibility index (Phi) is 4.72. The fourth-order valence-corrected chi connectivity index (χ4v) is 4.63. The van der Waals surface area contributed by atoms with Crippen molar-refractivity contribution in [2.24, 2.45) is 0 Å². The molecule has 2 fully saturated rings. The van der Waals surface area contributed by atoms with Crippen molar-refractivity contribution in [3.8, 4) is 0 Å². The number of carbonyl (C=O) groups excluding carboxylic acids is 1. The minimum atomic E-state index is 0.0944. The number of hydrogen-bond acceptors (Lipinski definition) is 4. The van der Waals surface area contributed by atoms with E-state index in [2.05, 4.69) is 47.8 Å². The third kappa shape index (κ3) is 3.36. The number of imidazole rings is 1. The molecule has 0 bridgehead atoms. The van der Waals surface area contributed by atoms with Crippen molar-refractivity contribution in [2.75, 3.05) is 40.3 Å². The predicted octanol–water partition coefficient (Wildman–Crippen LogP) is 2.31. The number of aromatic amines is 1. The largest absolute Gasteiger partial charge is 0.346 e. The van der Waals surface area contributed by atoms with E-state index in [-0.39, 0.29) is 11.4 Å².